The molecule has 2 N–H and O–H groups in total. The van der Waals surface area contributed by atoms with E-state index in [0.29, 0.717) is 22.8 Å². The number of carbonyl (C=O) groups is 2. The van der Waals surface area contributed by atoms with Crippen LogP contribution in [0.4, 0.5) is 0 Å². The second-order valence-corrected chi connectivity index (χ2v) is 7.08. The molecular formula is C22H21N3O4S. The SMILES string of the molecule is COc1ccc(C(=O)N/C(=C\c2cccs2)C(=O)NCc2ccccn2)cc1OC. The maximum atomic E-state index is 12.8. The van der Waals surface area contributed by atoms with E-state index in [-0.39, 0.29) is 12.2 Å². The lowest BCUT2D eigenvalue weighted by Gasteiger charge is -2.12. The van der Waals surface area contributed by atoms with Crippen LogP contribution in [0.25, 0.3) is 6.08 Å². The third kappa shape index (κ3) is 5.45. The fourth-order valence-corrected chi connectivity index (χ4v) is 3.27. The molecule has 0 atom stereocenters. The van der Waals surface area contributed by atoms with Gasteiger partial charge in [0.15, 0.2) is 11.5 Å². The van der Waals surface area contributed by atoms with Gasteiger partial charge in [-0.15, -0.1) is 11.3 Å². The van der Waals surface area contributed by atoms with Gasteiger partial charge in [-0.1, -0.05) is 12.1 Å². The highest BCUT2D eigenvalue weighted by atomic mass is 32.1. The number of aromatic nitrogens is 1. The van der Waals surface area contributed by atoms with Gasteiger partial charge in [-0.3, -0.25) is 14.6 Å². The molecule has 0 aliphatic heterocycles. The fourth-order valence-electron chi connectivity index (χ4n) is 2.61. The van der Waals surface area contributed by atoms with E-state index < -0.39 is 11.8 Å². The molecule has 3 aromatic rings. The summed E-state index contributed by atoms with van der Waals surface area (Å²) < 4.78 is 10.4. The number of pyridine rings is 1. The van der Waals surface area contributed by atoms with Crippen molar-refractivity contribution in [1.82, 2.24) is 15.6 Å². The molecule has 0 fully saturated rings. The maximum Gasteiger partial charge on any atom is 0.268 e. The monoisotopic (exact) mass is 423 g/mol. The molecule has 0 aliphatic carbocycles. The van der Waals surface area contributed by atoms with Gasteiger partial charge < -0.3 is 20.1 Å². The minimum atomic E-state index is -0.438. The van der Waals surface area contributed by atoms with Crippen LogP contribution in [0.5, 0.6) is 11.5 Å². The third-order valence-electron chi connectivity index (χ3n) is 4.12. The molecule has 154 valence electrons. The van der Waals surface area contributed by atoms with Crippen molar-refractivity contribution in [1.29, 1.82) is 0 Å². The van der Waals surface area contributed by atoms with Gasteiger partial charge in [0.25, 0.3) is 11.8 Å². The first kappa shape index (κ1) is 21.1. The zero-order valence-corrected chi connectivity index (χ0v) is 17.4. The zero-order chi connectivity index (χ0) is 21.3. The Labute approximate surface area is 178 Å². The summed E-state index contributed by atoms with van der Waals surface area (Å²) in [5.41, 5.74) is 1.18. The highest BCUT2D eigenvalue weighted by molar-refractivity contribution is 7.10. The molecule has 2 heterocycles. The normalized spacial score (nSPS) is 10.9. The van der Waals surface area contributed by atoms with E-state index >= 15 is 0 Å². The number of methoxy groups -OCH3 is 2. The van der Waals surface area contributed by atoms with Crippen molar-refractivity contribution in [2.75, 3.05) is 14.2 Å². The lowest BCUT2D eigenvalue weighted by molar-refractivity contribution is -0.117. The second kappa shape index (κ2) is 10.2. The van der Waals surface area contributed by atoms with Crippen LogP contribution < -0.4 is 20.1 Å². The molecule has 7 nitrogen and oxygen atoms in total. The van der Waals surface area contributed by atoms with E-state index in [0.717, 1.165) is 4.88 Å². The number of hydrogen-bond donors (Lipinski definition) is 2. The Bertz CT molecular complexity index is 1030. The smallest absolute Gasteiger partial charge is 0.268 e. The fraction of sp³-hybridized carbons (Fsp3) is 0.136. The van der Waals surface area contributed by atoms with Crippen LogP contribution in [0.2, 0.25) is 0 Å². The summed E-state index contributed by atoms with van der Waals surface area (Å²) >= 11 is 1.46. The first-order chi connectivity index (χ1) is 14.6. The Balaban J connectivity index is 1.79. The number of thiophene rings is 1. The number of benzene rings is 1. The van der Waals surface area contributed by atoms with E-state index in [2.05, 4.69) is 15.6 Å². The lowest BCUT2D eigenvalue weighted by atomic mass is 10.1. The number of ether oxygens (including phenoxy) is 2. The molecule has 0 unspecified atom stereocenters. The van der Waals surface area contributed by atoms with Gasteiger partial charge >= 0.3 is 0 Å². The summed E-state index contributed by atoms with van der Waals surface area (Å²) in [6.45, 7) is 0.244. The molecule has 2 aromatic heterocycles. The van der Waals surface area contributed by atoms with Gasteiger partial charge in [-0.2, -0.15) is 0 Å². The molecule has 0 spiro atoms. The quantitative estimate of drug-likeness (QED) is 0.543. The van der Waals surface area contributed by atoms with Crippen molar-refractivity contribution in [2.45, 2.75) is 6.54 Å². The number of rotatable bonds is 8. The summed E-state index contributed by atoms with van der Waals surface area (Å²) in [4.78, 5) is 30.6. The van der Waals surface area contributed by atoms with Gasteiger partial charge in [0.2, 0.25) is 0 Å². The predicted octanol–water partition coefficient (Wildman–Crippen LogP) is 3.25. The predicted molar refractivity (Wildman–Crippen MR) is 115 cm³/mol. The molecule has 8 heteroatoms. The molecular weight excluding hydrogens is 402 g/mol. The van der Waals surface area contributed by atoms with E-state index in [1.165, 1.54) is 25.6 Å². The summed E-state index contributed by atoms with van der Waals surface area (Å²) in [7, 11) is 3.01. The summed E-state index contributed by atoms with van der Waals surface area (Å²) in [5.74, 6) is 0.0830. The minimum absolute atomic E-state index is 0.133. The average molecular weight is 423 g/mol. The number of hydrogen-bond acceptors (Lipinski definition) is 6. The Kier molecular flexibility index (Phi) is 7.18. The van der Waals surface area contributed by atoms with E-state index in [4.69, 9.17) is 9.47 Å². The summed E-state index contributed by atoms with van der Waals surface area (Å²) in [6, 6.07) is 14.0. The van der Waals surface area contributed by atoms with Gasteiger partial charge in [-0.05, 0) is 47.9 Å². The first-order valence-electron chi connectivity index (χ1n) is 9.07. The topological polar surface area (TPSA) is 89.5 Å². The molecule has 30 heavy (non-hydrogen) atoms. The highest BCUT2D eigenvalue weighted by Crippen LogP contribution is 2.27. The number of nitrogens with zero attached hydrogens (tertiary/aromatic N) is 1. The second-order valence-electron chi connectivity index (χ2n) is 6.10. The summed E-state index contributed by atoms with van der Waals surface area (Å²) in [5, 5.41) is 7.38. The van der Waals surface area contributed by atoms with Gasteiger partial charge in [0.1, 0.15) is 5.70 Å². The van der Waals surface area contributed by atoms with E-state index in [1.807, 2.05) is 29.6 Å². The number of amides is 2. The van der Waals surface area contributed by atoms with Gasteiger partial charge in [0, 0.05) is 16.6 Å². The molecule has 3 rings (SSSR count). The largest absolute Gasteiger partial charge is 0.493 e. The van der Waals surface area contributed by atoms with Crippen LogP contribution in [0.15, 0.2) is 65.8 Å². The Morgan fingerprint density at radius 1 is 1.07 bits per heavy atom. The molecule has 0 radical (unpaired) electrons. The molecule has 0 aliphatic rings. The van der Waals surface area contributed by atoms with Crippen molar-refractivity contribution in [3.63, 3.8) is 0 Å². The first-order valence-corrected chi connectivity index (χ1v) is 9.95. The molecule has 2 amide bonds. The molecule has 0 bridgehead atoms. The van der Waals surface area contributed by atoms with Crippen molar-refractivity contribution >= 4 is 29.2 Å². The average Bonchev–Trinajstić information content (AvgIpc) is 3.30. The zero-order valence-electron chi connectivity index (χ0n) is 16.5. The van der Waals surface area contributed by atoms with Crippen LogP contribution >= 0.6 is 11.3 Å². The van der Waals surface area contributed by atoms with E-state index in [1.54, 1.807) is 36.5 Å². The molecule has 0 saturated carbocycles. The van der Waals surface area contributed by atoms with Gasteiger partial charge in [0.05, 0.1) is 26.5 Å². The number of carbonyl (C=O) groups excluding carboxylic acids is 2. The Morgan fingerprint density at radius 2 is 1.90 bits per heavy atom. The lowest BCUT2D eigenvalue weighted by Crippen LogP contribution is -2.34. The Hall–Kier alpha value is -3.65. The maximum absolute atomic E-state index is 12.8. The van der Waals surface area contributed by atoms with Crippen LogP contribution in [-0.2, 0) is 11.3 Å². The van der Waals surface area contributed by atoms with E-state index in [9.17, 15) is 9.59 Å². The summed E-state index contributed by atoms with van der Waals surface area (Å²) in [6.07, 6.45) is 3.29. The van der Waals surface area contributed by atoms with Crippen LogP contribution in [0.3, 0.4) is 0 Å². The molecule has 0 saturated heterocycles. The standard InChI is InChI=1S/C22H21N3O4S/c1-28-19-9-8-15(12-20(19)29-2)21(26)25-18(13-17-7-5-11-30-17)22(27)24-14-16-6-3-4-10-23-16/h3-13H,14H2,1-2H3,(H,24,27)(H,25,26)/b18-13-. The van der Waals surface area contributed by atoms with Crippen LogP contribution in [0, 0.1) is 0 Å². The third-order valence-corrected chi connectivity index (χ3v) is 4.94. The van der Waals surface area contributed by atoms with Crippen LogP contribution in [-0.4, -0.2) is 31.0 Å². The van der Waals surface area contributed by atoms with Crippen molar-refractivity contribution in [2.24, 2.45) is 0 Å². The van der Waals surface area contributed by atoms with Crippen molar-refractivity contribution in [3.05, 3.63) is 81.9 Å². The van der Waals surface area contributed by atoms with Crippen molar-refractivity contribution < 1.29 is 19.1 Å². The minimum Gasteiger partial charge on any atom is -0.493 e. The van der Waals surface area contributed by atoms with Crippen molar-refractivity contribution in [3.8, 4) is 11.5 Å². The highest BCUT2D eigenvalue weighted by Gasteiger charge is 2.17. The van der Waals surface area contributed by atoms with Crippen LogP contribution in [0.1, 0.15) is 20.9 Å². The van der Waals surface area contributed by atoms with Gasteiger partial charge in [-0.25, -0.2) is 0 Å². The number of nitrogens with one attached hydrogen (secondary N) is 2. The molecule has 1 aromatic carbocycles. The Morgan fingerprint density at radius 3 is 2.57 bits per heavy atom.